The van der Waals surface area contributed by atoms with Gasteiger partial charge in [-0.25, -0.2) is 4.98 Å². The summed E-state index contributed by atoms with van der Waals surface area (Å²) in [7, 11) is 1.97. The lowest BCUT2D eigenvalue weighted by molar-refractivity contribution is 0.101. The molecular weight excluding hydrogens is 244 g/mol. The second-order valence-electron chi connectivity index (χ2n) is 4.42. The van der Waals surface area contributed by atoms with E-state index in [1.54, 1.807) is 5.38 Å². The molecule has 18 heavy (non-hydrogen) atoms. The third kappa shape index (κ3) is 2.43. The van der Waals surface area contributed by atoms with Crippen LogP contribution in [0.4, 0.5) is 10.8 Å². The first-order chi connectivity index (χ1) is 8.49. The van der Waals surface area contributed by atoms with Crippen LogP contribution in [0, 0.1) is 13.8 Å². The van der Waals surface area contributed by atoms with Crippen LogP contribution in [0.2, 0.25) is 0 Å². The molecule has 1 aromatic carbocycles. The van der Waals surface area contributed by atoms with Crippen LogP contribution in [0.3, 0.4) is 0 Å². The van der Waals surface area contributed by atoms with Gasteiger partial charge in [0, 0.05) is 25.0 Å². The normalized spacial score (nSPS) is 10.4. The summed E-state index contributed by atoms with van der Waals surface area (Å²) in [6.07, 6.45) is 0. The van der Waals surface area contributed by atoms with Crippen molar-refractivity contribution < 1.29 is 4.79 Å². The molecule has 2 rings (SSSR count). The predicted octanol–water partition coefficient (Wildman–Crippen LogP) is 3.73. The fraction of sp³-hybridized carbons (Fsp3) is 0.286. The van der Waals surface area contributed by atoms with Gasteiger partial charge in [-0.15, -0.1) is 11.3 Å². The minimum Gasteiger partial charge on any atom is -0.321 e. The molecule has 0 amide bonds. The van der Waals surface area contributed by atoms with E-state index in [-0.39, 0.29) is 5.78 Å². The minimum absolute atomic E-state index is 0.00604. The molecule has 0 radical (unpaired) electrons. The summed E-state index contributed by atoms with van der Waals surface area (Å²) in [4.78, 5) is 17.6. The monoisotopic (exact) mass is 260 g/mol. The van der Waals surface area contributed by atoms with Crippen molar-refractivity contribution in [2.24, 2.45) is 0 Å². The molecule has 0 atom stereocenters. The third-order valence-corrected chi connectivity index (χ3v) is 3.77. The molecule has 0 N–H and O–H groups in total. The summed E-state index contributed by atoms with van der Waals surface area (Å²) >= 11 is 1.49. The van der Waals surface area contributed by atoms with E-state index in [1.807, 2.05) is 11.9 Å². The summed E-state index contributed by atoms with van der Waals surface area (Å²) in [5.41, 5.74) is 4.10. The lowest BCUT2D eigenvalue weighted by Gasteiger charge is -2.18. The summed E-state index contributed by atoms with van der Waals surface area (Å²) in [5, 5.41) is 2.64. The maximum absolute atomic E-state index is 11.3. The molecule has 0 fully saturated rings. The lowest BCUT2D eigenvalue weighted by Crippen LogP contribution is -2.11. The van der Waals surface area contributed by atoms with E-state index in [4.69, 9.17) is 0 Å². The molecule has 4 heteroatoms. The first kappa shape index (κ1) is 12.8. The number of Topliss-reactive ketones (excluding diaryl/α,β-unsaturated/α-hetero) is 1. The van der Waals surface area contributed by atoms with E-state index in [1.165, 1.54) is 29.4 Å². The highest BCUT2D eigenvalue weighted by Crippen LogP contribution is 2.29. The number of hydrogen-bond donors (Lipinski definition) is 0. The van der Waals surface area contributed by atoms with Gasteiger partial charge in [0.1, 0.15) is 5.69 Å². The van der Waals surface area contributed by atoms with Gasteiger partial charge in [0.15, 0.2) is 10.9 Å². The van der Waals surface area contributed by atoms with E-state index in [2.05, 4.69) is 37.0 Å². The van der Waals surface area contributed by atoms with Crippen molar-refractivity contribution in [3.63, 3.8) is 0 Å². The molecule has 0 unspecified atom stereocenters. The SMILES string of the molecule is CC(=O)c1csc(N(C)c2ccc(C)cc2C)n1. The number of hydrogen-bond acceptors (Lipinski definition) is 4. The Bertz CT molecular complexity index is 589. The number of carbonyl (C=O) groups excluding carboxylic acids is 1. The smallest absolute Gasteiger partial charge is 0.190 e. The van der Waals surface area contributed by atoms with Crippen molar-refractivity contribution in [2.75, 3.05) is 11.9 Å². The summed E-state index contributed by atoms with van der Waals surface area (Å²) in [6.45, 7) is 5.70. The number of rotatable bonds is 3. The van der Waals surface area contributed by atoms with Crippen molar-refractivity contribution in [1.82, 2.24) is 4.98 Å². The van der Waals surface area contributed by atoms with Crippen molar-refractivity contribution in [3.8, 4) is 0 Å². The van der Waals surface area contributed by atoms with Crippen LogP contribution < -0.4 is 4.90 Å². The number of thiazole rings is 1. The number of benzene rings is 1. The molecule has 0 spiro atoms. The van der Waals surface area contributed by atoms with Crippen molar-refractivity contribution >= 4 is 27.9 Å². The molecule has 0 aliphatic heterocycles. The van der Waals surface area contributed by atoms with Gasteiger partial charge in [-0.1, -0.05) is 17.7 Å². The summed E-state index contributed by atoms with van der Waals surface area (Å²) in [5.74, 6) is 0.00604. The average molecular weight is 260 g/mol. The van der Waals surface area contributed by atoms with Crippen molar-refractivity contribution in [2.45, 2.75) is 20.8 Å². The predicted molar refractivity (Wildman–Crippen MR) is 76.1 cm³/mol. The number of aryl methyl sites for hydroxylation is 2. The Kier molecular flexibility index (Phi) is 3.48. The number of aromatic nitrogens is 1. The fourth-order valence-electron chi connectivity index (χ4n) is 1.86. The highest BCUT2D eigenvalue weighted by Gasteiger charge is 2.12. The molecule has 0 saturated heterocycles. The van der Waals surface area contributed by atoms with E-state index in [0.29, 0.717) is 5.69 Å². The quantitative estimate of drug-likeness (QED) is 0.788. The van der Waals surface area contributed by atoms with E-state index in [9.17, 15) is 4.79 Å². The summed E-state index contributed by atoms with van der Waals surface area (Å²) in [6, 6.07) is 6.31. The van der Waals surface area contributed by atoms with Crippen LogP contribution in [0.15, 0.2) is 23.6 Å². The highest BCUT2D eigenvalue weighted by atomic mass is 32.1. The Morgan fingerprint density at radius 2 is 2.06 bits per heavy atom. The Balaban J connectivity index is 2.35. The first-order valence-corrected chi connectivity index (χ1v) is 6.64. The van der Waals surface area contributed by atoms with Crippen LogP contribution in [-0.2, 0) is 0 Å². The van der Waals surface area contributed by atoms with Crippen molar-refractivity contribution in [3.05, 3.63) is 40.4 Å². The van der Waals surface area contributed by atoms with Crippen LogP contribution in [0.1, 0.15) is 28.5 Å². The Labute approximate surface area is 111 Å². The van der Waals surface area contributed by atoms with Crippen LogP contribution in [0.5, 0.6) is 0 Å². The zero-order valence-corrected chi connectivity index (χ0v) is 11.8. The van der Waals surface area contributed by atoms with E-state index >= 15 is 0 Å². The second-order valence-corrected chi connectivity index (χ2v) is 5.26. The van der Waals surface area contributed by atoms with Gasteiger partial charge < -0.3 is 4.90 Å². The molecule has 94 valence electrons. The van der Waals surface area contributed by atoms with Crippen molar-refractivity contribution in [1.29, 1.82) is 0 Å². The van der Waals surface area contributed by atoms with Gasteiger partial charge in [-0.3, -0.25) is 4.79 Å². The molecule has 2 aromatic rings. The largest absolute Gasteiger partial charge is 0.321 e. The minimum atomic E-state index is 0.00604. The number of nitrogens with zero attached hydrogens (tertiary/aromatic N) is 2. The molecular formula is C14H16N2OS. The lowest BCUT2D eigenvalue weighted by atomic mass is 10.1. The number of ketones is 1. The third-order valence-electron chi connectivity index (χ3n) is 2.85. The molecule has 0 bridgehead atoms. The van der Waals surface area contributed by atoms with Gasteiger partial charge in [0.05, 0.1) is 0 Å². The standard InChI is InChI=1S/C14H16N2OS/c1-9-5-6-13(10(2)7-9)16(4)14-15-12(8-18-14)11(3)17/h5-8H,1-4H3. The number of anilines is 2. The Morgan fingerprint density at radius 3 is 2.61 bits per heavy atom. The van der Waals surface area contributed by atoms with Gasteiger partial charge in [0.2, 0.25) is 0 Å². The molecule has 0 saturated carbocycles. The van der Waals surface area contributed by atoms with Crippen LogP contribution >= 0.6 is 11.3 Å². The first-order valence-electron chi connectivity index (χ1n) is 5.76. The van der Waals surface area contributed by atoms with Gasteiger partial charge in [-0.2, -0.15) is 0 Å². The topological polar surface area (TPSA) is 33.2 Å². The maximum Gasteiger partial charge on any atom is 0.190 e. The summed E-state index contributed by atoms with van der Waals surface area (Å²) < 4.78 is 0. The average Bonchev–Trinajstić information content (AvgIpc) is 2.77. The van der Waals surface area contributed by atoms with E-state index in [0.717, 1.165) is 10.8 Å². The molecule has 3 nitrogen and oxygen atoms in total. The fourth-order valence-corrected chi connectivity index (χ4v) is 2.71. The van der Waals surface area contributed by atoms with Crippen LogP contribution in [-0.4, -0.2) is 17.8 Å². The van der Waals surface area contributed by atoms with E-state index < -0.39 is 0 Å². The van der Waals surface area contributed by atoms with Gasteiger partial charge >= 0.3 is 0 Å². The Hall–Kier alpha value is -1.68. The Morgan fingerprint density at radius 1 is 1.33 bits per heavy atom. The highest BCUT2D eigenvalue weighted by molar-refractivity contribution is 7.14. The zero-order chi connectivity index (χ0) is 13.3. The molecule has 0 aliphatic carbocycles. The van der Waals surface area contributed by atoms with Crippen LogP contribution in [0.25, 0.3) is 0 Å². The van der Waals surface area contributed by atoms with Gasteiger partial charge in [0.25, 0.3) is 0 Å². The second kappa shape index (κ2) is 4.90. The van der Waals surface area contributed by atoms with Gasteiger partial charge in [-0.05, 0) is 25.5 Å². The number of carbonyl (C=O) groups is 1. The molecule has 0 aliphatic rings. The molecule has 1 aromatic heterocycles. The maximum atomic E-state index is 11.3. The molecule has 1 heterocycles. The zero-order valence-electron chi connectivity index (χ0n) is 11.0.